The number of hydrogen-bond donors (Lipinski definition) is 2. The molecule has 0 fully saturated rings. The third-order valence-corrected chi connectivity index (χ3v) is 3.50. The molecule has 26 heavy (non-hydrogen) atoms. The number of pyridine rings is 1. The maximum Gasteiger partial charge on any atom is 0.418 e. The van der Waals surface area contributed by atoms with Crippen molar-refractivity contribution >= 4 is 17.5 Å². The van der Waals surface area contributed by atoms with Gasteiger partial charge in [0.1, 0.15) is 5.82 Å². The lowest BCUT2D eigenvalue weighted by molar-refractivity contribution is -0.136. The predicted octanol–water partition coefficient (Wildman–Crippen LogP) is 4.55. The Balaban J connectivity index is 1.80. The van der Waals surface area contributed by atoms with Gasteiger partial charge in [-0.25, -0.2) is 4.98 Å². The molecule has 3 rings (SSSR count). The lowest BCUT2D eigenvalue weighted by Gasteiger charge is -2.15. The number of alkyl halides is 3. The van der Waals surface area contributed by atoms with Crippen molar-refractivity contribution in [2.45, 2.75) is 19.6 Å². The van der Waals surface area contributed by atoms with Gasteiger partial charge in [-0.05, 0) is 31.2 Å². The molecule has 2 aromatic heterocycles. The van der Waals surface area contributed by atoms with Crippen LogP contribution < -0.4 is 10.6 Å². The van der Waals surface area contributed by atoms with Crippen molar-refractivity contribution in [2.24, 2.45) is 0 Å². The maximum absolute atomic E-state index is 13.1. The normalized spacial score (nSPS) is 11.2. The van der Waals surface area contributed by atoms with Crippen molar-refractivity contribution in [1.29, 1.82) is 0 Å². The Labute approximate surface area is 148 Å². The lowest BCUT2D eigenvalue weighted by Crippen LogP contribution is -2.10. The summed E-state index contributed by atoms with van der Waals surface area (Å²) in [5.41, 5.74) is 0.609. The summed E-state index contributed by atoms with van der Waals surface area (Å²) in [7, 11) is 0. The highest BCUT2D eigenvalue weighted by atomic mass is 19.4. The minimum atomic E-state index is -4.45. The Bertz CT molecular complexity index is 881. The highest BCUT2D eigenvalue weighted by Gasteiger charge is 2.33. The number of nitrogens with one attached hydrogen (secondary N) is 2. The molecule has 0 aliphatic carbocycles. The number of para-hydroxylation sites is 1. The standard InChI is InChI=1S/C18H16F3N5/c1-12-10-16(25-15-8-3-2-7-14(15)18(19,20)21)26-17(24-12)23-11-13-6-4-5-9-22-13/h2-10H,11H2,1H3,(H2,23,24,25,26). The molecule has 0 spiro atoms. The van der Waals surface area contributed by atoms with E-state index < -0.39 is 11.7 Å². The average molecular weight is 359 g/mol. The van der Waals surface area contributed by atoms with E-state index in [4.69, 9.17) is 0 Å². The topological polar surface area (TPSA) is 62.7 Å². The van der Waals surface area contributed by atoms with E-state index in [0.717, 1.165) is 11.8 Å². The molecule has 0 aliphatic heterocycles. The summed E-state index contributed by atoms with van der Waals surface area (Å²) in [6.45, 7) is 2.15. The zero-order valence-corrected chi connectivity index (χ0v) is 13.9. The fourth-order valence-corrected chi connectivity index (χ4v) is 2.36. The monoisotopic (exact) mass is 359 g/mol. The van der Waals surface area contributed by atoms with Gasteiger partial charge in [0.05, 0.1) is 23.5 Å². The highest BCUT2D eigenvalue weighted by molar-refractivity contribution is 5.62. The Kier molecular flexibility index (Phi) is 5.01. The van der Waals surface area contributed by atoms with Crippen molar-refractivity contribution in [2.75, 3.05) is 10.6 Å². The summed E-state index contributed by atoms with van der Waals surface area (Å²) in [6.07, 6.45) is -2.78. The summed E-state index contributed by atoms with van der Waals surface area (Å²) in [6, 6.07) is 12.4. The van der Waals surface area contributed by atoms with Gasteiger partial charge < -0.3 is 10.6 Å². The molecule has 0 saturated carbocycles. The Morgan fingerprint density at radius 3 is 2.50 bits per heavy atom. The molecular weight excluding hydrogens is 343 g/mol. The van der Waals surface area contributed by atoms with Crippen LogP contribution in [-0.4, -0.2) is 15.0 Å². The van der Waals surface area contributed by atoms with Crippen LogP contribution in [0.4, 0.5) is 30.6 Å². The summed E-state index contributed by atoms with van der Waals surface area (Å²) in [5, 5.41) is 5.76. The van der Waals surface area contributed by atoms with Crippen LogP contribution in [0.3, 0.4) is 0 Å². The van der Waals surface area contributed by atoms with Crippen LogP contribution in [0.15, 0.2) is 54.7 Å². The van der Waals surface area contributed by atoms with Crippen molar-refractivity contribution in [3.05, 3.63) is 71.7 Å². The lowest BCUT2D eigenvalue weighted by atomic mass is 10.1. The van der Waals surface area contributed by atoms with E-state index >= 15 is 0 Å². The van der Waals surface area contributed by atoms with Gasteiger partial charge >= 0.3 is 6.18 Å². The number of rotatable bonds is 5. The number of nitrogens with zero attached hydrogens (tertiary/aromatic N) is 3. The van der Waals surface area contributed by atoms with Gasteiger partial charge in [-0.3, -0.25) is 4.98 Å². The molecule has 134 valence electrons. The first-order valence-corrected chi connectivity index (χ1v) is 7.84. The summed E-state index contributed by atoms with van der Waals surface area (Å²) >= 11 is 0. The molecule has 0 bridgehead atoms. The van der Waals surface area contributed by atoms with Crippen LogP contribution in [0.2, 0.25) is 0 Å². The van der Waals surface area contributed by atoms with Crippen LogP contribution >= 0.6 is 0 Å². The van der Waals surface area contributed by atoms with E-state index in [9.17, 15) is 13.2 Å². The molecule has 8 heteroatoms. The number of aromatic nitrogens is 3. The fourth-order valence-electron chi connectivity index (χ4n) is 2.36. The molecule has 5 nitrogen and oxygen atoms in total. The van der Waals surface area contributed by atoms with Gasteiger partial charge in [0, 0.05) is 18.0 Å². The van der Waals surface area contributed by atoms with E-state index in [1.165, 1.54) is 18.2 Å². The third kappa shape index (κ3) is 4.47. The second-order valence-corrected chi connectivity index (χ2v) is 5.56. The maximum atomic E-state index is 13.1. The van der Waals surface area contributed by atoms with E-state index in [1.54, 1.807) is 19.2 Å². The minimum absolute atomic E-state index is 0.0613. The molecule has 2 heterocycles. The smallest absolute Gasteiger partial charge is 0.349 e. The van der Waals surface area contributed by atoms with Gasteiger partial charge in [-0.2, -0.15) is 18.2 Å². The molecule has 0 saturated heterocycles. The van der Waals surface area contributed by atoms with Crippen molar-refractivity contribution in [3.63, 3.8) is 0 Å². The molecule has 0 aliphatic rings. The average Bonchev–Trinajstić information content (AvgIpc) is 2.60. The number of hydrogen-bond acceptors (Lipinski definition) is 5. The molecule has 0 amide bonds. The van der Waals surface area contributed by atoms with Gasteiger partial charge in [-0.1, -0.05) is 18.2 Å². The van der Waals surface area contributed by atoms with E-state index in [2.05, 4.69) is 25.6 Å². The van der Waals surface area contributed by atoms with Crippen LogP contribution in [0.25, 0.3) is 0 Å². The van der Waals surface area contributed by atoms with E-state index in [-0.39, 0.29) is 11.5 Å². The molecule has 0 radical (unpaired) electrons. The van der Waals surface area contributed by atoms with Crippen LogP contribution in [0.5, 0.6) is 0 Å². The predicted molar refractivity (Wildman–Crippen MR) is 93.1 cm³/mol. The Morgan fingerprint density at radius 1 is 1.00 bits per heavy atom. The minimum Gasteiger partial charge on any atom is -0.349 e. The number of anilines is 3. The molecule has 3 aromatic rings. The largest absolute Gasteiger partial charge is 0.418 e. The molecule has 0 atom stereocenters. The quantitative estimate of drug-likeness (QED) is 0.699. The number of halogens is 3. The summed E-state index contributed by atoms with van der Waals surface area (Å²) in [4.78, 5) is 12.7. The first-order chi connectivity index (χ1) is 12.4. The molecular formula is C18H16F3N5. The van der Waals surface area contributed by atoms with E-state index in [0.29, 0.717) is 18.2 Å². The highest BCUT2D eigenvalue weighted by Crippen LogP contribution is 2.35. The molecule has 2 N–H and O–H groups in total. The summed E-state index contributed by atoms with van der Waals surface area (Å²) < 4.78 is 39.4. The zero-order valence-electron chi connectivity index (χ0n) is 13.9. The van der Waals surface area contributed by atoms with Crippen LogP contribution in [-0.2, 0) is 12.7 Å². The number of benzene rings is 1. The van der Waals surface area contributed by atoms with Gasteiger partial charge in [0.15, 0.2) is 0 Å². The first-order valence-electron chi connectivity index (χ1n) is 7.84. The zero-order chi connectivity index (χ0) is 18.6. The second kappa shape index (κ2) is 7.38. The van der Waals surface area contributed by atoms with E-state index in [1.807, 2.05) is 18.2 Å². The van der Waals surface area contributed by atoms with Gasteiger partial charge in [-0.15, -0.1) is 0 Å². The Morgan fingerprint density at radius 2 is 1.77 bits per heavy atom. The van der Waals surface area contributed by atoms with Crippen molar-refractivity contribution in [3.8, 4) is 0 Å². The molecule has 0 unspecified atom stereocenters. The van der Waals surface area contributed by atoms with Crippen LogP contribution in [0, 0.1) is 6.92 Å². The Hall–Kier alpha value is -3.16. The third-order valence-electron chi connectivity index (χ3n) is 3.50. The summed E-state index contributed by atoms with van der Waals surface area (Å²) in [5.74, 6) is 0.584. The SMILES string of the molecule is Cc1cc(Nc2ccccc2C(F)(F)F)nc(NCc2ccccn2)n1. The molecule has 1 aromatic carbocycles. The van der Waals surface area contributed by atoms with Crippen LogP contribution in [0.1, 0.15) is 17.0 Å². The van der Waals surface area contributed by atoms with Gasteiger partial charge in [0.2, 0.25) is 5.95 Å². The van der Waals surface area contributed by atoms with Crippen molar-refractivity contribution < 1.29 is 13.2 Å². The van der Waals surface area contributed by atoms with Gasteiger partial charge in [0.25, 0.3) is 0 Å². The fraction of sp³-hybridized carbons (Fsp3) is 0.167. The first kappa shape index (κ1) is 17.7. The number of aryl methyl sites for hydroxylation is 1. The second-order valence-electron chi connectivity index (χ2n) is 5.56. The van der Waals surface area contributed by atoms with Crippen molar-refractivity contribution in [1.82, 2.24) is 15.0 Å².